The number of nitrogens with one attached hydrogen (secondary N) is 2. The third-order valence-corrected chi connectivity index (χ3v) is 8.07. The molecule has 6 nitrogen and oxygen atoms in total. The third kappa shape index (κ3) is 3.51. The number of benzene rings is 1. The number of amides is 1. The van der Waals surface area contributed by atoms with Gasteiger partial charge in [0.1, 0.15) is 16.2 Å². The van der Waals surface area contributed by atoms with Crippen molar-refractivity contribution in [2.24, 2.45) is 11.3 Å². The normalized spacial score (nSPS) is 21.0. The molecule has 154 valence electrons. The zero-order chi connectivity index (χ0) is 20.9. The van der Waals surface area contributed by atoms with Gasteiger partial charge in [-0.1, -0.05) is 44.9 Å². The van der Waals surface area contributed by atoms with E-state index in [1.807, 2.05) is 0 Å². The molecule has 1 aliphatic carbocycles. The van der Waals surface area contributed by atoms with Gasteiger partial charge in [0.05, 0.1) is 10.5 Å². The molecule has 29 heavy (non-hydrogen) atoms. The zero-order valence-corrected chi connectivity index (χ0v) is 18.2. The molecule has 2 aromatic rings. The van der Waals surface area contributed by atoms with Gasteiger partial charge in [0.25, 0.3) is 11.6 Å². The summed E-state index contributed by atoms with van der Waals surface area (Å²) in [7, 11) is 0. The van der Waals surface area contributed by atoms with Crippen molar-refractivity contribution in [3.63, 3.8) is 0 Å². The van der Waals surface area contributed by atoms with Crippen molar-refractivity contribution in [1.29, 1.82) is 0 Å². The second kappa shape index (κ2) is 7.29. The standard InChI is InChI=1S/C21H24ClN3O3S/c1-4-21(2,3)12-6-7-13-16(10-12)29-20-17(13)19(26)23-18(24-20)11-5-8-14(22)15(9-11)25(27)28/h5,8-9,12,18,24H,4,6-7,10H2,1-3H3,(H,23,26)/t12-,18+/m1/s1. The molecule has 1 aromatic heterocycles. The van der Waals surface area contributed by atoms with Crippen molar-refractivity contribution in [3.8, 4) is 0 Å². The van der Waals surface area contributed by atoms with Gasteiger partial charge >= 0.3 is 0 Å². The fraction of sp³-hybridized carbons (Fsp3) is 0.476. The first kappa shape index (κ1) is 20.2. The summed E-state index contributed by atoms with van der Waals surface area (Å²) in [6, 6.07) is 4.61. The van der Waals surface area contributed by atoms with E-state index < -0.39 is 11.1 Å². The topological polar surface area (TPSA) is 84.3 Å². The molecule has 2 heterocycles. The average Bonchev–Trinajstić information content (AvgIpc) is 3.06. The maximum atomic E-state index is 12.9. The lowest BCUT2D eigenvalue weighted by atomic mass is 9.69. The van der Waals surface area contributed by atoms with Gasteiger partial charge in [-0.3, -0.25) is 14.9 Å². The van der Waals surface area contributed by atoms with Crippen LogP contribution in [-0.4, -0.2) is 10.8 Å². The lowest BCUT2D eigenvalue weighted by molar-refractivity contribution is -0.384. The maximum absolute atomic E-state index is 12.9. The SMILES string of the molecule is CCC(C)(C)[C@@H]1CCc2c(sc3c2C(=O)N[C@H](c2ccc(Cl)c([N+](=O)[O-])c2)N3)C1. The Kier molecular flexibility index (Phi) is 5.07. The Morgan fingerprint density at radius 3 is 2.79 bits per heavy atom. The highest BCUT2D eigenvalue weighted by Gasteiger charge is 2.37. The van der Waals surface area contributed by atoms with Crippen LogP contribution in [0.1, 0.15) is 66.1 Å². The maximum Gasteiger partial charge on any atom is 0.288 e. The number of carbonyl (C=O) groups excluding carboxylic acids is 1. The van der Waals surface area contributed by atoms with Crippen molar-refractivity contribution in [2.75, 3.05) is 5.32 Å². The van der Waals surface area contributed by atoms with Gasteiger partial charge in [-0.2, -0.15) is 0 Å². The Hall–Kier alpha value is -2.12. The molecular weight excluding hydrogens is 410 g/mol. The molecule has 0 spiro atoms. The number of thiophene rings is 1. The van der Waals surface area contributed by atoms with Crippen molar-refractivity contribution in [1.82, 2.24) is 5.32 Å². The largest absolute Gasteiger partial charge is 0.353 e. The number of fused-ring (bicyclic) bond motifs is 3. The first-order chi connectivity index (χ1) is 13.7. The van der Waals surface area contributed by atoms with Crippen molar-refractivity contribution < 1.29 is 9.72 Å². The third-order valence-electron chi connectivity index (χ3n) is 6.56. The molecule has 0 bridgehead atoms. The van der Waals surface area contributed by atoms with Gasteiger partial charge in [-0.05, 0) is 42.2 Å². The molecule has 2 aliphatic rings. The van der Waals surface area contributed by atoms with Crippen molar-refractivity contribution >= 4 is 39.5 Å². The van der Waals surface area contributed by atoms with Crippen LogP contribution in [0.15, 0.2) is 18.2 Å². The van der Waals surface area contributed by atoms with E-state index in [4.69, 9.17) is 11.6 Å². The highest BCUT2D eigenvalue weighted by atomic mass is 35.5. The number of nitrogens with zero attached hydrogens (tertiary/aromatic N) is 1. The van der Waals surface area contributed by atoms with Gasteiger partial charge in [0, 0.05) is 16.5 Å². The highest BCUT2D eigenvalue weighted by Crippen LogP contribution is 2.47. The van der Waals surface area contributed by atoms with Gasteiger partial charge in [-0.15, -0.1) is 11.3 Å². The predicted octanol–water partition coefficient (Wildman–Crippen LogP) is 5.70. The summed E-state index contributed by atoms with van der Waals surface area (Å²) in [5, 5.41) is 18.5. The number of hydrogen-bond donors (Lipinski definition) is 2. The number of rotatable bonds is 4. The zero-order valence-electron chi connectivity index (χ0n) is 16.7. The molecule has 0 saturated heterocycles. The minimum atomic E-state index is -0.519. The Bertz CT molecular complexity index is 1000. The fourth-order valence-corrected chi connectivity index (χ4v) is 5.81. The molecule has 8 heteroatoms. The molecule has 0 fully saturated rings. The molecule has 1 aromatic carbocycles. The number of halogens is 1. The summed E-state index contributed by atoms with van der Waals surface area (Å²) in [5.41, 5.74) is 2.64. The van der Waals surface area contributed by atoms with Crippen LogP contribution in [0.2, 0.25) is 5.02 Å². The Balaban J connectivity index is 1.64. The van der Waals surface area contributed by atoms with Crippen LogP contribution in [0.5, 0.6) is 0 Å². The Morgan fingerprint density at radius 1 is 1.34 bits per heavy atom. The van der Waals surface area contributed by atoms with E-state index in [0.717, 1.165) is 36.2 Å². The van der Waals surface area contributed by atoms with Crippen LogP contribution < -0.4 is 10.6 Å². The number of anilines is 1. The van der Waals surface area contributed by atoms with Crippen LogP contribution in [0.3, 0.4) is 0 Å². The fourth-order valence-electron chi connectivity index (χ4n) is 4.27. The predicted molar refractivity (Wildman–Crippen MR) is 116 cm³/mol. The van der Waals surface area contributed by atoms with Crippen LogP contribution in [0.25, 0.3) is 0 Å². The second-order valence-corrected chi connectivity index (χ2v) is 10.0. The summed E-state index contributed by atoms with van der Waals surface area (Å²) >= 11 is 7.58. The first-order valence-corrected chi connectivity index (χ1v) is 11.1. The van der Waals surface area contributed by atoms with Crippen molar-refractivity contribution in [3.05, 3.63) is 54.9 Å². The van der Waals surface area contributed by atoms with E-state index >= 15 is 0 Å². The second-order valence-electron chi connectivity index (χ2n) is 8.51. The molecule has 0 radical (unpaired) electrons. The Labute approximate surface area is 178 Å². The first-order valence-electron chi connectivity index (χ1n) is 9.87. The van der Waals surface area contributed by atoms with E-state index in [-0.39, 0.29) is 22.0 Å². The minimum Gasteiger partial charge on any atom is -0.353 e. The Morgan fingerprint density at radius 2 is 2.10 bits per heavy atom. The van der Waals surface area contributed by atoms with E-state index in [9.17, 15) is 14.9 Å². The highest BCUT2D eigenvalue weighted by molar-refractivity contribution is 7.16. The van der Waals surface area contributed by atoms with E-state index in [2.05, 4.69) is 31.4 Å². The summed E-state index contributed by atoms with van der Waals surface area (Å²) in [6.07, 6.45) is 3.63. The smallest absolute Gasteiger partial charge is 0.288 e. The van der Waals surface area contributed by atoms with Gasteiger partial charge in [-0.25, -0.2) is 0 Å². The molecule has 1 aliphatic heterocycles. The number of carbonyl (C=O) groups is 1. The molecule has 4 rings (SSSR count). The number of nitro groups is 1. The van der Waals surface area contributed by atoms with E-state index in [1.165, 1.54) is 22.6 Å². The lowest BCUT2D eigenvalue weighted by Crippen LogP contribution is -2.38. The van der Waals surface area contributed by atoms with Gasteiger partial charge < -0.3 is 10.6 Å². The quantitative estimate of drug-likeness (QED) is 0.478. The van der Waals surface area contributed by atoms with Crippen LogP contribution in [-0.2, 0) is 12.8 Å². The van der Waals surface area contributed by atoms with Crippen LogP contribution in [0.4, 0.5) is 10.7 Å². The minimum absolute atomic E-state index is 0.0812. The van der Waals surface area contributed by atoms with Gasteiger partial charge in [0.15, 0.2) is 0 Å². The lowest BCUT2D eigenvalue weighted by Gasteiger charge is -2.36. The summed E-state index contributed by atoms with van der Waals surface area (Å²) in [5.74, 6) is 0.491. The molecule has 1 amide bonds. The molecule has 0 saturated carbocycles. The summed E-state index contributed by atoms with van der Waals surface area (Å²) < 4.78 is 0. The molecular formula is C21H24ClN3O3S. The van der Waals surface area contributed by atoms with Crippen LogP contribution in [0, 0.1) is 21.4 Å². The van der Waals surface area contributed by atoms with Crippen LogP contribution >= 0.6 is 22.9 Å². The molecule has 2 N–H and O–H groups in total. The number of hydrogen-bond acceptors (Lipinski definition) is 5. The monoisotopic (exact) mass is 433 g/mol. The molecule has 2 atom stereocenters. The number of nitro benzene ring substituents is 1. The van der Waals surface area contributed by atoms with E-state index in [1.54, 1.807) is 17.4 Å². The average molecular weight is 434 g/mol. The van der Waals surface area contributed by atoms with E-state index in [0.29, 0.717) is 11.5 Å². The van der Waals surface area contributed by atoms with Gasteiger partial charge in [0.2, 0.25) is 0 Å². The summed E-state index contributed by atoms with van der Waals surface area (Å²) in [6.45, 7) is 6.88. The molecule has 0 unspecified atom stereocenters. The summed E-state index contributed by atoms with van der Waals surface area (Å²) in [4.78, 5) is 24.9. The van der Waals surface area contributed by atoms with Crippen molar-refractivity contribution in [2.45, 2.75) is 52.6 Å².